The quantitative estimate of drug-likeness (QED) is 0.911. The second-order valence-corrected chi connectivity index (χ2v) is 5.23. The predicted octanol–water partition coefficient (Wildman–Crippen LogP) is 1.93. The Balaban J connectivity index is 0.00000132. The summed E-state index contributed by atoms with van der Waals surface area (Å²) in [6.45, 7) is 1.57. The van der Waals surface area contributed by atoms with Crippen LogP contribution >= 0.6 is 24.8 Å². The van der Waals surface area contributed by atoms with Crippen molar-refractivity contribution in [3.05, 3.63) is 42.4 Å². The minimum Gasteiger partial charge on any atom is -0.337 e. The Hall–Kier alpha value is -1.63. The Morgan fingerprint density at radius 3 is 2.87 bits per heavy atom. The molecule has 0 radical (unpaired) electrons. The van der Waals surface area contributed by atoms with Gasteiger partial charge in [-0.15, -0.1) is 24.8 Å². The van der Waals surface area contributed by atoms with Crippen molar-refractivity contribution >= 4 is 30.7 Å². The highest BCUT2D eigenvalue weighted by Crippen LogP contribution is 2.15. The average Bonchev–Trinajstić information content (AvgIpc) is 3.09. The fourth-order valence-corrected chi connectivity index (χ4v) is 2.66. The zero-order valence-corrected chi connectivity index (χ0v) is 14.5. The Morgan fingerprint density at radius 1 is 1.35 bits per heavy atom. The van der Waals surface area contributed by atoms with E-state index in [9.17, 15) is 4.79 Å². The number of aromatic nitrogens is 3. The fourth-order valence-electron chi connectivity index (χ4n) is 2.66. The highest BCUT2D eigenvalue weighted by molar-refractivity contribution is 5.94. The van der Waals surface area contributed by atoms with Gasteiger partial charge in [0.05, 0.1) is 0 Å². The number of carbonyl (C=O) groups is 1. The molecule has 1 atom stereocenters. The second-order valence-electron chi connectivity index (χ2n) is 5.23. The van der Waals surface area contributed by atoms with E-state index in [4.69, 9.17) is 0 Å². The van der Waals surface area contributed by atoms with Gasteiger partial charge in [0.15, 0.2) is 5.82 Å². The van der Waals surface area contributed by atoms with Gasteiger partial charge in [-0.05, 0) is 38.1 Å². The van der Waals surface area contributed by atoms with Gasteiger partial charge in [0.1, 0.15) is 0 Å². The van der Waals surface area contributed by atoms with Crippen molar-refractivity contribution in [3.63, 3.8) is 0 Å². The number of nitrogens with one attached hydrogen (secondary N) is 1. The smallest absolute Gasteiger partial charge is 0.254 e. The van der Waals surface area contributed by atoms with Gasteiger partial charge in [0, 0.05) is 43.3 Å². The summed E-state index contributed by atoms with van der Waals surface area (Å²) in [7, 11) is 1.95. The summed E-state index contributed by atoms with van der Waals surface area (Å²) in [5, 5.41) is 7.40. The first-order chi connectivity index (χ1) is 10.3. The number of rotatable bonds is 3. The summed E-state index contributed by atoms with van der Waals surface area (Å²) in [5.74, 6) is 0.721. The second kappa shape index (κ2) is 8.86. The van der Waals surface area contributed by atoms with E-state index in [0.29, 0.717) is 17.4 Å². The number of piperidine rings is 1. The van der Waals surface area contributed by atoms with E-state index in [0.717, 1.165) is 25.9 Å². The van der Waals surface area contributed by atoms with Crippen molar-refractivity contribution in [2.75, 3.05) is 20.1 Å². The summed E-state index contributed by atoms with van der Waals surface area (Å²) in [6.07, 6.45) is 7.32. The van der Waals surface area contributed by atoms with Crippen molar-refractivity contribution in [1.82, 2.24) is 25.0 Å². The lowest BCUT2D eigenvalue weighted by atomic mass is 10.0. The molecule has 6 nitrogen and oxygen atoms in total. The third-order valence-electron chi connectivity index (χ3n) is 3.85. The van der Waals surface area contributed by atoms with E-state index in [-0.39, 0.29) is 30.7 Å². The molecule has 1 saturated heterocycles. The zero-order chi connectivity index (χ0) is 14.7. The lowest BCUT2D eigenvalue weighted by Crippen LogP contribution is -2.47. The first-order valence-corrected chi connectivity index (χ1v) is 7.20. The number of hydrogen-bond donors (Lipinski definition) is 1. The molecule has 2 aromatic rings. The lowest BCUT2D eigenvalue weighted by molar-refractivity contribution is 0.0698. The molecule has 1 aliphatic heterocycles. The minimum atomic E-state index is 0. The molecule has 1 fully saturated rings. The van der Waals surface area contributed by atoms with Crippen LogP contribution in [0.2, 0.25) is 0 Å². The van der Waals surface area contributed by atoms with Crippen LogP contribution in [0.1, 0.15) is 23.2 Å². The standard InChI is InChI=1S/C15H19N5O.2ClH/c1-16-13-4-2-8-19(11-13)15(21)12-5-7-17-14(10-12)20-9-3-6-18-20;;/h3,5-7,9-10,13,16H,2,4,8,11H2,1H3;2*1H. The molecule has 0 spiro atoms. The molecule has 3 rings (SSSR count). The maximum Gasteiger partial charge on any atom is 0.254 e. The Bertz CT molecular complexity index is 620. The third kappa shape index (κ3) is 4.43. The maximum absolute atomic E-state index is 12.6. The van der Waals surface area contributed by atoms with Crippen LogP contribution < -0.4 is 5.32 Å². The van der Waals surface area contributed by atoms with Crippen LogP contribution in [-0.4, -0.2) is 51.8 Å². The van der Waals surface area contributed by atoms with Crippen LogP contribution in [0, 0.1) is 0 Å². The number of likely N-dealkylation sites (N-methyl/N-ethyl adjacent to an activating group) is 1. The number of carbonyl (C=O) groups excluding carboxylic acids is 1. The maximum atomic E-state index is 12.6. The summed E-state index contributed by atoms with van der Waals surface area (Å²) in [5.41, 5.74) is 0.659. The van der Waals surface area contributed by atoms with Gasteiger partial charge in [-0.2, -0.15) is 5.10 Å². The van der Waals surface area contributed by atoms with Crippen LogP contribution in [-0.2, 0) is 0 Å². The van der Waals surface area contributed by atoms with E-state index in [2.05, 4.69) is 15.4 Å². The number of likely N-dealkylation sites (tertiary alicyclic amines) is 1. The number of amides is 1. The first kappa shape index (κ1) is 19.4. The number of halogens is 2. The van der Waals surface area contributed by atoms with E-state index in [1.54, 1.807) is 29.2 Å². The number of hydrogen-bond acceptors (Lipinski definition) is 4. The van der Waals surface area contributed by atoms with Crippen LogP contribution in [0.3, 0.4) is 0 Å². The Morgan fingerprint density at radius 2 is 2.17 bits per heavy atom. The normalized spacial score (nSPS) is 17.1. The average molecular weight is 358 g/mol. The van der Waals surface area contributed by atoms with E-state index in [1.807, 2.05) is 24.2 Å². The number of nitrogens with zero attached hydrogens (tertiary/aromatic N) is 4. The molecule has 1 unspecified atom stereocenters. The van der Waals surface area contributed by atoms with Crippen LogP contribution in [0.4, 0.5) is 0 Å². The van der Waals surface area contributed by atoms with E-state index in [1.165, 1.54) is 0 Å². The SMILES string of the molecule is CNC1CCCN(C(=O)c2ccnc(-n3cccn3)c2)C1.Cl.Cl. The molecule has 23 heavy (non-hydrogen) atoms. The third-order valence-corrected chi connectivity index (χ3v) is 3.85. The van der Waals surface area contributed by atoms with Crippen molar-refractivity contribution in [2.24, 2.45) is 0 Å². The van der Waals surface area contributed by atoms with Gasteiger partial charge in [-0.3, -0.25) is 4.79 Å². The molecule has 1 amide bonds. The molecule has 1 N–H and O–H groups in total. The molecule has 0 bridgehead atoms. The van der Waals surface area contributed by atoms with Crippen molar-refractivity contribution in [1.29, 1.82) is 0 Å². The first-order valence-electron chi connectivity index (χ1n) is 7.20. The van der Waals surface area contributed by atoms with Gasteiger partial charge >= 0.3 is 0 Å². The minimum absolute atomic E-state index is 0. The molecule has 0 saturated carbocycles. The molecular weight excluding hydrogens is 337 g/mol. The monoisotopic (exact) mass is 357 g/mol. The molecule has 126 valence electrons. The topological polar surface area (TPSA) is 63.1 Å². The zero-order valence-electron chi connectivity index (χ0n) is 12.9. The van der Waals surface area contributed by atoms with Crippen molar-refractivity contribution in [2.45, 2.75) is 18.9 Å². The summed E-state index contributed by atoms with van der Waals surface area (Å²) < 4.78 is 1.66. The van der Waals surface area contributed by atoms with Gasteiger partial charge in [-0.1, -0.05) is 0 Å². The van der Waals surface area contributed by atoms with Crippen LogP contribution in [0.5, 0.6) is 0 Å². The van der Waals surface area contributed by atoms with Gasteiger partial charge in [0.25, 0.3) is 5.91 Å². The highest BCUT2D eigenvalue weighted by atomic mass is 35.5. The van der Waals surface area contributed by atoms with Crippen molar-refractivity contribution in [3.8, 4) is 5.82 Å². The van der Waals surface area contributed by atoms with Gasteiger partial charge in [0.2, 0.25) is 0 Å². The molecule has 2 aromatic heterocycles. The van der Waals surface area contributed by atoms with E-state index >= 15 is 0 Å². The fraction of sp³-hybridized carbons (Fsp3) is 0.400. The molecule has 1 aliphatic rings. The molecule has 3 heterocycles. The predicted molar refractivity (Wildman–Crippen MR) is 93.8 cm³/mol. The van der Waals surface area contributed by atoms with E-state index < -0.39 is 0 Å². The molecular formula is C15H21Cl2N5O. The van der Waals surface area contributed by atoms with Gasteiger partial charge in [-0.25, -0.2) is 9.67 Å². The highest BCUT2D eigenvalue weighted by Gasteiger charge is 2.23. The summed E-state index contributed by atoms with van der Waals surface area (Å²) >= 11 is 0. The molecule has 8 heteroatoms. The van der Waals surface area contributed by atoms with Crippen molar-refractivity contribution < 1.29 is 4.79 Å². The largest absolute Gasteiger partial charge is 0.337 e. The van der Waals surface area contributed by atoms with Gasteiger partial charge < -0.3 is 10.2 Å². The summed E-state index contributed by atoms with van der Waals surface area (Å²) in [4.78, 5) is 18.8. The Kier molecular flexibility index (Phi) is 7.48. The lowest BCUT2D eigenvalue weighted by Gasteiger charge is -2.32. The Labute approximate surface area is 148 Å². The number of pyridine rings is 1. The van der Waals surface area contributed by atoms with Crippen LogP contribution in [0.15, 0.2) is 36.8 Å². The summed E-state index contributed by atoms with van der Waals surface area (Å²) in [6, 6.07) is 5.77. The molecule has 0 aliphatic carbocycles. The molecule has 0 aromatic carbocycles. The van der Waals surface area contributed by atoms with Crippen LogP contribution in [0.25, 0.3) is 5.82 Å².